The molecule has 2 nitrogen and oxygen atoms in total. The molecule has 0 aliphatic heterocycles. The van der Waals surface area contributed by atoms with Gasteiger partial charge in [-0.05, 0) is 57.6 Å². The van der Waals surface area contributed by atoms with Crippen LogP contribution in [-0.2, 0) is 0 Å². The molecule has 1 rings (SSSR count). The number of aryl methyl sites for hydroxylation is 2. The fourth-order valence-corrected chi connectivity index (χ4v) is 1.76. The minimum absolute atomic E-state index is 0.439. The Hall–Kier alpha value is -1.02. The molecule has 0 N–H and O–H groups in total. The van der Waals surface area contributed by atoms with Gasteiger partial charge in [-0.15, -0.1) is 0 Å². The quantitative estimate of drug-likeness (QED) is 0.755. The van der Waals surface area contributed by atoms with Crippen molar-refractivity contribution >= 4 is 0 Å². The molecule has 0 fully saturated rings. The number of rotatable bonds is 3. The monoisotopic (exact) mass is 207 g/mol. The predicted octanol–water partition coefficient (Wildman–Crippen LogP) is 2.93. The minimum atomic E-state index is 0.439. The molecule has 2 heteroatoms. The van der Waals surface area contributed by atoms with Crippen LogP contribution < -0.4 is 4.74 Å². The van der Waals surface area contributed by atoms with Gasteiger partial charge < -0.3 is 9.64 Å². The highest BCUT2D eigenvalue weighted by atomic mass is 16.5. The summed E-state index contributed by atoms with van der Waals surface area (Å²) in [4.78, 5) is 2.22. The van der Waals surface area contributed by atoms with E-state index in [1.54, 1.807) is 7.11 Å². The van der Waals surface area contributed by atoms with E-state index in [9.17, 15) is 0 Å². The third kappa shape index (κ3) is 2.51. The number of nitrogens with zero attached hydrogens (tertiary/aromatic N) is 1. The number of hydrogen-bond donors (Lipinski definition) is 0. The fourth-order valence-electron chi connectivity index (χ4n) is 1.76. The van der Waals surface area contributed by atoms with Crippen molar-refractivity contribution in [2.45, 2.75) is 26.8 Å². The average Bonchev–Trinajstić information content (AvgIpc) is 2.19. The molecule has 1 aromatic rings. The topological polar surface area (TPSA) is 12.5 Å². The van der Waals surface area contributed by atoms with E-state index in [2.05, 4.69) is 51.9 Å². The summed E-state index contributed by atoms with van der Waals surface area (Å²) in [5.74, 6) is 0.974. The van der Waals surface area contributed by atoms with Crippen molar-refractivity contribution < 1.29 is 4.74 Å². The first kappa shape index (κ1) is 12.1. The molecule has 15 heavy (non-hydrogen) atoms. The van der Waals surface area contributed by atoms with Gasteiger partial charge in [0.2, 0.25) is 0 Å². The molecule has 0 saturated carbocycles. The van der Waals surface area contributed by atoms with Gasteiger partial charge in [0.1, 0.15) is 5.75 Å². The Balaban J connectivity index is 3.15. The van der Waals surface area contributed by atoms with Crippen molar-refractivity contribution in [2.75, 3.05) is 21.2 Å². The van der Waals surface area contributed by atoms with E-state index in [1.807, 2.05) is 0 Å². The lowest BCUT2D eigenvalue weighted by Crippen LogP contribution is -2.17. The van der Waals surface area contributed by atoms with Crippen molar-refractivity contribution in [1.29, 1.82) is 0 Å². The maximum absolute atomic E-state index is 5.31. The third-order valence-electron chi connectivity index (χ3n) is 3.01. The molecule has 0 radical (unpaired) electrons. The van der Waals surface area contributed by atoms with Crippen LogP contribution in [0.3, 0.4) is 0 Å². The van der Waals surface area contributed by atoms with Crippen molar-refractivity contribution in [1.82, 2.24) is 4.90 Å². The summed E-state index contributed by atoms with van der Waals surface area (Å²) in [5.41, 5.74) is 3.86. The Morgan fingerprint density at radius 3 is 2.20 bits per heavy atom. The molecular weight excluding hydrogens is 186 g/mol. The molecule has 0 heterocycles. The Kier molecular flexibility index (Phi) is 3.75. The highest BCUT2D eigenvalue weighted by molar-refractivity contribution is 5.42. The van der Waals surface area contributed by atoms with Crippen LogP contribution in [0.25, 0.3) is 0 Å². The molecule has 0 amide bonds. The van der Waals surface area contributed by atoms with E-state index < -0.39 is 0 Å². The molecule has 0 aromatic heterocycles. The summed E-state index contributed by atoms with van der Waals surface area (Å²) in [5, 5.41) is 0. The summed E-state index contributed by atoms with van der Waals surface area (Å²) in [6, 6.07) is 4.78. The first-order valence-corrected chi connectivity index (χ1v) is 5.29. The molecule has 84 valence electrons. The van der Waals surface area contributed by atoms with Crippen LogP contribution in [0.1, 0.15) is 29.7 Å². The van der Waals surface area contributed by atoms with Crippen molar-refractivity contribution in [3.63, 3.8) is 0 Å². The summed E-state index contributed by atoms with van der Waals surface area (Å²) in [6.45, 7) is 6.44. The van der Waals surface area contributed by atoms with Crippen LogP contribution in [0.4, 0.5) is 0 Å². The van der Waals surface area contributed by atoms with Gasteiger partial charge in [-0.3, -0.25) is 0 Å². The van der Waals surface area contributed by atoms with Crippen LogP contribution in [0.5, 0.6) is 5.75 Å². The van der Waals surface area contributed by atoms with Crippen LogP contribution in [0, 0.1) is 13.8 Å². The lowest BCUT2D eigenvalue weighted by atomic mass is 9.98. The van der Waals surface area contributed by atoms with Gasteiger partial charge in [0.15, 0.2) is 0 Å². The zero-order chi connectivity index (χ0) is 11.6. The van der Waals surface area contributed by atoms with Gasteiger partial charge in [-0.25, -0.2) is 0 Å². The molecular formula is C13H21NO. The normalized spacial score (nSPS) is 13.0. The number of methoxy groups -OCH3 is 1. The lowest BCUT2D eigenvalue weighted by molar-refractivity contribution is 0.319. The van der Waals surface area contributed by atoms with Gasteiger partial charge in [-0.1, -0.05) is 6.07 Å². The summed E-state index contributed by atoms with van der Waals surface area (Å²) >= 11 is 0. The smallest absolute Gasteiger partial charge is 0.122 e. The van der Waals surface area contributed by atoms with Crippen molar-refractivity contribution in [3.05, 3.63) is 28.8 Å². The van der Waals surface area contributed by atoms with Gasteiger partial charge in [0, 0.05) is 6.04 Å². The van der Waals surface area contributed by atoms with Crippen molar-refractivity contribution in [2.24, 2.45) is 0 Å². The minimum Gasteiger partial charge on any atom is -0.496 e. The Morgan fingerprint density at radius 2 is 1.73 bits per heavy atom. The standard InChI is InChI=1S/C13H21NO/c1-9-8-13(15-6)10(2)7-12(9)11(3)14(4)5/h7-8,11H,1-6H3. The Labute approximate surface area is 92.9 Å². The Bertz CT molecular complexity index is 345. The van der Waals surface area contributed by atoms with Crippen LogP contribution in [0.2, 0.25) is 0 Å². The molecule has 1 unspecified atom stereocenters. The lowest BCUT2D eigenvalue weighted by Gasteiger charge is -2.23. The van der Waals surface area contributed by atoms with E-state index >= 15 is 0 Å². The van der Waals surface area contributed by atoms with Gasteiger partial charge in [0.05, 0.1) is 7.11 Å². The zero-order valence-electron chi connectivity index (χ0n) is 10.6. The highest BCUT2D eigenvalue weighted by Gasteiger charge is 2.12. The second-order valence-corrected chi connectivity index (χ2v) is 4.32. The van der Waals surface area contributed by atoms with Crippen LogP contribution in [0.15, 0.2) is 12.1 Å². The molecule has 0 saturated heterocycles. The molecule has 0 bridgehead atoms. The average molecular weight is 207 g/mol. The van der Waals surface area contributed by atoms with E-state index in [4.69, 9.17) is 4.74 Å². The highest BCUT2D eigenvalue weighted by Crippen LogP contribution is 2.28. The summed E-state index contributed by atoms with van der Waals surface area (Å²) < 4.78 is 5.31. The van der Waals surface area contributed by atoms with Crippen molar-refractivity contribution in [3.8, 4) is 5.75 Å². The number of ether oxygens (including phenoxy) is 1. The maximum Gasteiger partial charge on any atom is 0.122 e. The summed E-state index contributed by atoms with van der Waals surface area (Å²) in [7, 11) is 5.92. The first-order chi connectivity index (χ1) is 6.97. The molecule has 1 atom stereocenters. The van der Waals surface area contributed by atoms with E-state index in [1.165, 1.54) is 16.7 Å². The predicted molar refractivity (Wildman–Crippen MR) is 64.6 cm³/mol. The zero-order valence-corrected chi connectivity index (χ0v) is 10.6. The largest absolute Gasteiger partial charge is 0.496 e. The second kappa shape index (κ2) is 4.67. The fraction of sp³-hybridized carbons (Fsp3) is 0.538. The van der Waals surface area contributed by atoms with Gasteiger partial charge >= 0.3 is 0 Å². The van der Waals surface area contributed by atoms with E-state index in [0.717, 1.165) is 5.75 Å². The Morgan fingerprint density at radius 1 is 1.13 bits per heavy atom. The van der Waals surface area contributed by atoms with Crippen LogP contribution in [-0.4, -0.2) is 26.1 Å². The maximum atomic E-state index is 5.31. The first-order valence-electron chi connectivity index (χ1n) is 5.29. The molecule has 0 aliphatic rings. The second-order valence-electron chi connectivity index (χ2n) is 4.32. The molecule has 0 aliphatic carbocycles. The number of benzene rings is 1. The van der Waals surface area contributed by atoms with E-state index in [0.29, 0.717) is 6.04 Å². The molecule has 1 aromatic carbocycles. The van der Waals surface area contributed by atoms with Crippen LogP contribution >= 0.6 is 0 Å². The van der Waals surface area contributed by atoms with Gasteiger partial charge in [0.25, 0.3) is 0 Å². The number of hydrogen-bond acceptors (Lipinski definition) is 2. The van der Waals surface area contributed by atoms with Gasteiger partial charge in [-0.2, -0.15) is 0 Å². The SMILES string of the molecule is COc1cc(C)c(C(C)N(C)C)cc1C. The molecule has 0 spiro atoms. The van der Waals surface area contributed by atoms with E-state index in [-0.39, 0.29) is 0 Å². The summed E-state index contributed by atoms with van der Waals surface area (Å²) in [6.07, 6.45) is 0. The third-order valence-corrected chi connectivity index (χ3v) is 3.01.